The smallest absolute Gasteiger partial charge is 0.550 e. The molecule has 4 nitrogen and oxygen atoms in total. The summed E-state index contributed by atoms with van der Waals surface area (Å²) in [6, 6.07) is 0. The Morgan fingerprint density at radius 2 is 0.880 bits per heavy atom. The van der Waals surface area contributed by atoms with E-state index in [-0.39, 0.29) is 35.9 Å². The van der Waals surface area contributed by atoms with Gasteiger partial charge in [-0.3, -0.25) is 0 Å². The summed E-state index contributed by atoms with van der Waals surface area (Å²) in [6.07, 6.45) is 11.3. The van der Waals surface area contributed by atoms with Crippen LogP contribution in [0.2, 0.25) is 0 Å². The fraction of sp³-hybridized carbons (Fsp3) is 0.900. The van der Waals surface area contributed by atoms with Crippen molar-refractivity contribution in [3.63, 3.8) is 0 Å². The standard InChI is InChI=1S/2C10H20O2.Mg/c2*1-9(2)7-5-3-4-6-8-10(11)12;/h2*9H,3-8H2,1-2H3,(H,11,12);/q;;+2/p-2. The molecule has 0 heterocycles. The molecule has 0 aromatic rings. The van der Waals surface area contributed by atoms with Crippen molar-refractivity contribution >= 4 is 35.0 Å². The van der Waals surface area contributed by atoms with Crippen LogP contribution in [0.1, 0.15) is 105 Å². The van der Waals surface area contributed by atoms with E-state index >= 15 is 0 Å². The van der Waals surface area contributed by atoms with E-state index in [1.807, 2.05) is 0 Å². The Morgan fingerprint density at radius 1 is 0.600 bits per heavy atom. The van der Waals surface area contributed by atoms with Crippen molar-refractivity contribution in [3.8, 4) is 0 Å². The summed E-state index contributed by atoms with van der Waals surface area (Å²) in [5.74, 6) is -0.296. The maximum atomic E-state index is 10.0. The van der Waals surface area contributed by atoms with Gasteiger partial charge < -0.3 is 19.8 Å². The van der Waals surface area contributed by atoms with Crippen LogP contribution < -0.4 is 10.2 Å². The summed E-state index contributed by atoms with van der Waals surface area (Å²) in [6.45, 7) is 8.84. The van der Waals surface area contributed by atoms with Gasteiger partial charge in [0.05, 0.1) is 0 Å². The minimum absolute atomic E-state index is 0. The molecule has 0 aliphatic rings. The fourth-order valence-electron chi connectivity index (χ4n) is 2.35. The van der Waals surface area contributed by atoms with Crippen molar-refractivity contribution < 1.29 is 19.8 Å². The molecule has 0 spiro atoms. The van der Waals surface area contributed by atoms with Gasteiger partial charge in [0.2, 0.25) is 0 Å². The van der Waals surface area contributed by atoms with E-state index in [2.05, 4.69) is 27.7 Å². The third-order valence-corrected chi connectivity index (χ3v) is 3.82. The van der Waals surface area contributed by atoms with E-state index in [1.165, 1.54) is 25.7 Å². The SMILES string of the molecule is CC(C)CCCCCCC(=O)[O-].CC(C)CCCCCCC(=O)[O-].[Mg+2]. The van der Waals surface area contributed by atoms with Crippen molar-refractivity contribution in [2.24, 2.45) is 11.8 Å². The van der Waals surface area contributed by atoms with Crippen molar-refractivity contribution in [1.29, 1.82) is 0 Å². The monoisotopic (exact) mass is 366 g/mol. The maximum absolute atomic E-state index is 10.0. The van der Waals surface area contributed by atoms with Crippen LogP contribution in [0.25, 0.3) is 0 Å². The third-order valence-electron chi connectivity index (χ3n) is 3.82. The van der Waals surface area contributed by atoms with E-state index in [0.717, 1.165) is 50.4 Å². The number of rotatable bonds is 14. The average Bonchev–Trinajstić information content (AvgIpc) is 2.46. The molecule has 0 aliphatic carbocycles. The molecule has 0 saturated heterocycles. The van der Waals surface area contributed by atoms with Gasteiger partial charge in [0.15, 0.2) is 0 Å². The van der Waals surface area contributed by atoms with Crippen molar-refractivity contribution in [1.82, 2.24) is 0 Å². The number of carboxylic acid groups (broad SMARTS) is 2. The summed E-state index contributed by atoms with van der Waals surface area (Å²) >= 11 is 0. The maximum Gasteiger partial charge on any atom is 2.00 e. The van der Waals surface area contributed by atoms with Crippen molar-refractivity contribution in [3.05, 3.63) is 0 Å². The Morgan fingerprint density at radius 3 is 1.12 bits per heavy atom. The molecule has 0 N–H and O–H groups in total. The van der Waals surface area contributed by atoms with Gasteiger partial charge in [0.1, 0.15) is 0 Å². The first-order chi connectivity index (χ1) is 11.3. The first kappa shape index (κ1) is 29.5. The second kappa shape index (κ2) is 21.7. The van der Waals surface area contributed by atoms with Crippen LogP contribution in [-0.4, -0.2) is 35.0 Å². The van der Waals surface area contributed by atoms with Crippen LogP contribution in [0.4, 0.5) is 0 Å². The zero-order valence-corrected chi connectivity index (χ0v) is 18.4. The molecule has 5 heteroatoms. The molecule has 0 amide bonds. The van der Waals surface area contributed by atoms with Crippen LogP contribution in [-0.2, 0) is 9.59 Å². The summed E-state index contributed by atoms with van der Waals surface area (Å²) in [7, 11) is 0. The molecule has 0 aromatic heterocycles. The number of aliphatic carboxylic acids is 2. The molecule has 0 radical (unpaired) electrons. The number of hydrogen-bond donors (Lipinski definition) is 0. The van der Waals surface area contributed by atoms with E-state index < -0.39 is 11.9 Å². The predicted octanol–water partition coefficient (Wildman–Crippen LogP) is 3.09. The molecule has 25 heavy (non-hydrogen) atoms. The molecule has 0 atom stereocenters. The molecule has 0 fully saturated rings. The predicted molar refractivity (Wildman–Crippen MR) is 101 cm³/mol. The Kier molecular flexibility index (Phi) is 25.6. The molecule has 0 saturated carbocycles. The zero-order valence-electron chi connectivity index (χ0n) is 17.0. The first-order valence-corrected chi connectivity index (χ1v) is 9.65. The molecule has 0 rings (SSSR count). The molecular formula is C20H38MgO4. The second-order valence-corrected chi connectivity index (χ2v) is 7.44. The molecule has 0 bridgehead atoms. The normalized spacial score (nSPS) is 10.2. The van der Waals surface area contributed by atoms with Gasteiger partial charge in [-0.2, -0.15) is 0 Å². The summed E-state index contributed by atoms with van der Waals surface area (Å²) in [4.78, 5) is 20.1. The van der Waals surface area contributed by atoms with Crippen LogP contribution >= 0.6 is 0 Å². The Bertz CT molecular complexity index is 274. The summed E-state index contributed by atoms with van der Waals surface area (Å²) in [5.41, 5.74) is 0. The molecule has 0 aliphatic heterocycles. The summed E-state index contributed by atoms with van der Waals surface area (Å²) < 4.78 is 0. The van der Waals surface area contributed by atoms with Gasteiger partial charge in [0.25, 0.3) is 0 Å². The molecule has 144 valence electrons. The van der Waals surface area contributed by atoms with Crippen LogP contribution in [0.5, 0.6) is 0 Å². The van der Waals surface area contributed by atoms with Crippen molar-refractivity contribution in [2.45, 2.75) is 105 Å². The molecule has 0 aromatic carbocycles. The van der Waals surface area contributed by atoms with Gasteiger partial charge in [0, 0.05) is 11.9 Å². The number of carboxylic acids is 2. The van der Waals surface area contributed by atoms with E-state index in [9.17, 15) is 19.8 Å². The first-order valence-electron chi connectivity index (χ1n) is 9.65. The number of unbranched alkanes of at least 4 members (excludes halogenated alkanes) is 6. The molecular weight excluding hydrogens is 329 g/mol. The van der Waals surface area contributed by atoms with E-state index in [4.69, 9.17) is 0 Å². The minimum Gasteiger partial charge on any atom is -0.550 e. The van der Waals surface area contributed by atoms with Crippen LogP contribution in [0.3, 0.4) is 0 Å². The van der Waals surface area contributed by atoms with Crippen molar-refractivity contribution in [2.75, 3.05) is 0 Å². The van der Waals surface area contributed by atoms with E-state index in [1.54, 1.807) is 0 Å². The van der Waals surface area contributed by atoms with Gasteiger partial charge in [-0.1, -0.05) is 79.1 Å². The quantitative estimate of drug-likeness (QED) is 0.349. The Hall–Kier alpha value is -0.294. The average molecular weight is 367 g/mol. The summed E-state index contributed by atoms with van der Waals surface area (Å²) in [5, 5.41) is 20.1. The Balaban J connectivity index is -0.000000372. The van der Waals surface area contributed by atoms with Gasteiger partial charge >= 0.3 is 23.1 Å². The van der Waals surface area contributed by atoms with Gasteiger partial charge in [-0.25, -0.2) is 0 Å². The largest absolute Gasteiger partial charge is 2.00 e. The zero-order chi connectivity index (χ0) is 18.8. The number of carbonyl (C=O) groups excluding carboxylic acids is 2. The van der Waals surface area contributed by atoms with Gasteiger partial charge in [-0.05, 0) is 37.5 Å². The molecule has 0 unspecified atom stereocenters. The topological polar surface area (TPSA) is 80.3 Å². The minimum atomic E-state index is -0.918. The third kappa shape index (κ3) is 35.6. The number of carbonyl (C=O) groups is 2. The second-order valence-electron chi connectivity index (χ2n) is 7.44. The fourth-order valence-corrected chi connectivity index (χ4v) is 2.35. The Labute approximate surface area is 171 Å². The van der Waals surface area contributed by atoms with Gasteiger partial charge in [-0.15, -0.1) is 0 Å². The van der Waals surface area contributed by atoms with Crippen LogP contribution in [0.15, 0.2) is 0 Å². The number of hydrogen-bond acceptors (Lipinski definition) is 4. The van der Waals surface area contributed by atoms with Crippen LogP contribution in [0, 0.1) is 11.8 Å². The van der Waals surface area contributed by atoms with E-state index in [0.29, 0.717) is 0 Å².